The van der Waals surface area contributed by atoms with Crippen molar-refractivity contribution in [3.05, 3.63) is 59.4 Å². The molecule has 7 heteroatoms. The van der Waals surface area contributed by atoms with E-state index in [9.17, 15) is 22.8 Å². The van der Waals surface area contributed by atoms with Crippen LogP contribution in [-0.2, 0) is 9.59 Å². The van der Waals surface area contributed by atoms with Crippen LogP contribution in [0.4, 0.5) is 24.5 Å². The number of rotatable bonds is 3. The van der Waals surface area contributed by atoms with Crippen LogP contribution in [0.2, 0.25) is 0 Å². The summed E-state index contributed by atoms with van der Waals surface area (Å²) < 4.78 is 40.3. The number of anilines is 2. The molecule has 1 N–H and O–H groups in total. The number of hydrogen-bond acceptors (Lipinski definition) is 2. The van der Waals surface area contributed by atoms with Gasteiger partial charge in [0, 0.05) is 18.7 Å². The Morgan fingerprint density at radius 1 is 1.12 bits per heavy atom. The first-order chi connectivity index (χ1) is 11.9. The summed E-state index contributed by atoms with van der Waals surface area (Å²) >= 11 is 0. The zero-order valence-electron chi connectivity index (χ0n) is 13.4. The highest BCUT2D eigenvalue weighted by molar-refractivity contribution is 6.03. The van der Waals surface area contributed by atoms with E-state index in [0.29, 0.717) is 5.69 Å². The van der Waals surface area contributed by atoms with Crippen LogP contribution in [0.3, 0.4) is 0 Å². The van der Waals surface area contributed by atoms with Gasteiger partial charge in [-0.15, -0.1) is 0 Å². The quantitative estimate of drug-likeness (QED) is 0.865. The maximum Gasteiger partial charge on any atom is 0.229 e. The second-order valence-corrected chi connectivity index (χ2v) is 5.90. The largest absolute Gasteiger partial charge is 0.326 e. The zero-order chi connectivity index (χ0) is 18.1. The average Bonchev–Trinajstić information content (AvgIpc) is 2.97. The Bertz CT molecular complexity index is 854. The van der Waals surface area contributed by atoms with Gasteiger partial charge in [0.2, 0.25) is 11.8 Å². The van der Waals surface area contributed by atoms with Gasteiger partial charge < -0.3 is 10.2 Å². The zero-order valence-corrected chi connectivity index (χ0v) is 13.4. The van der Waals surface area contributed by atoms with Gasteiger partial charge in [-0.25, -0.2) is 13.2 Å². The van der Waals surface area contributed by atoms with Gasteiger partial charge in [-0.3, -0.25) is 9.59 Å². The smallest absolute Gasteiger partial charge is 0.229 e. The highest BCUT2D eigenvalue weighted by Crippen LogP contribution is 2.30. The van der Waals surface area contributed by atoms with Crippen molar-refractivity contribution in [3.8, 4) is 0 Å². The molecule has 1 aliphatic heterocycles. The van der Waals surface area contributed by atoms with E-state index in [0.717, 1.165) is 22.6 Å². The van der Waals surface area contributed by atoms with Crippen molar-refractivity contribution in [1.82, 2.24) is 0 Å². The summed E-state index contributed by atoms with van der Waals surface area (Å²) in [6.45, 7) is 1.73. The van der Waals surface area contributed by atoms with Gasteiger partial charge in [-0.05, 0) is 30.7 Å². The third-order valence-corrected chi connectivity index (χ3v) is 4.20. The fourth-order valence-corrected chi connectivity index (χ4v) is 2.79. The van der Waals surface area contributed by atoms with Gasteiger partial charge in [0.1, 0.15) is 0 Å². The summed E-state index contributed by atoms with van der Waals surface area (Å²) in [6.07, 6.45) is -0.129. The fourth-order valence-electron chi connectivity index (χ4n) is 2.79. The highest BCUT2D eigenvalue weighted by Gasteiger charge is 2.37. The molecule has 0 radical (unpaired) electrons. The molecule has 1 heterocycles. The number of carbonyl (C=O) groups is 2. The molecular formula is C18H15F3N2O2. The Labute approximate surface area is 142 Å². The van der Waals surface area contributed by atoms with Crippen molar-refractivity contribution < 1.29 is 22.8 Å². The highest BCUT2D eigenvalue weighted by atomic mass is 19.2. The molecule has 25 heavy (non-hydrogen) atoms. The number of nitrogens with one attached hydrogen (secondary N) is 1. The Balaban J connectivity index is 1.78. The molecule has 1 unspecified atom stereocenters. The minimum absolute atomic E-state index is 0.0987. The Hall–Kier alpha value is -2.83. The average molecular weight is 348 g/mol. The number of halogens is 3. The van der Waals surface area contributed by atoms with Gasteiger partial charge in [-0.1, -0.05) is 18.2 Å². The lowest BCUT2D eigenvalue weighted by Crippen LogP contribution is -2.29. The van der Waals surface area contributed by atoms with E-state index in [1.807, 2.05) is 19.1 Å². The van der Waals surface area contributed by atoms with Crippen LogP contribution >= 0.6 is 0 Å². The van der Waals surface area contributed by atoms with Crippen LogP contribution in [-0.4, -0.2) is 18.4 Å². The molecule has 1 atom stereocenters. The van der Waals surface area contributed by atoms with Crippen LogP contribution in [0.1, 0.15) is 12.0 Å². The lowest BCUT2D eigenvalue weighted by molar-refractivity contribution is -0.122. The topological polar surface area (TPSA) is 49.4 Å². The molecule has 4 nitrogen and oxygen atoms in total. The maximum absolute atomic E-state index is 13.9. The third kappa shape index (κ3) is 3.22. The Morgan fingerprint density at radius 2 is 1.84 bits per heavy atom. The second-order valence-electron chi connectivity index (χ2n) is 5.90. The molecule has 1 saturated heterocycles. The Kier molecular flexibility index (Phi) is 4.48. The minimum atomic E-state index is -1.64. The van der Waals surface area contributed by atoms with Crippen LogP contribution < -0.4 is 10.2 Å². The predicted molar refractivity (Wildman–Crippen MR) is 86.6 cm³/mol. The van der Waals surface area contributed by atoms with Crippen molar-refractivity contribution in [3.63, 3.8) is 0 Å². The van der Waals surface area contributed by atoms with Crippen LogP contribution in [0, 0.1) is 30.3 Å². The summed E-state index contributed by atoms with van der Waals surface area (Å²) in [7, 11) is 0. The monoisotopic (exact) mass is 348 g/mol. The van der Waals surface area contributed by atoms with E-state index in [2.05, 4.69) is 5.32 Å². The fraction of sp³-hybridized carbons (Fsp3) is 0.222. The summed E-state index contributed by atoms with van der Waals surface area (Å²) in [4.78, 5) is 25.5. The van der Waals surface area contributed by atoms with E-state index in [1.165, 1.54) is 0 Å². The molecule has 2 aromatic carbocycles. The summed E-state index contributed by atoms with van der Waals surface area (Å²) in [5.41, 5.74) is 1.12. The van der Waals surface area contributed by atoms with Crippen molar-refractivity contribution in [2.24, 2.45) is 5.92 Å². The third-order valence-electron chi connectivity index (χ3n) is 4.20. The van der Waals surface area contributed by atoms with E-state index in [4.69, 9.17) is 0 Å². The first kappa shape index (κ1) is 17.0. The molecular weight excluding hydrogens is 333 g/mol. The van der Waals surface area contributed by atoms with Crippen LogP contribution in [0.25, 0.3) is 0 Å². The van der Waals surface area contributed by atoms with Crippen LogP contribution in [0.5, 0.6) is 0 Å². The number of carbonyl (C=O) groups excluding carboxylic acids is 2. The molecule has 2 amide bonds. The molecule has 0 bridgehead atoms. The number of aryl methyl sites for hydroxylation is 1. The molecule has 130 valence electrons. The predicted octanol–water partition coefficient (Wildman–Crippen LogP) is 3.40. The number of amides is 2. The molecule has 2 aromatic rings. The number of benzene rings is 2. The first-order valence-electron chi connectivity index (χ1n) is 7.69. The standard InChI is InChI=1S/C18H15F3N2O2/c1-10-4-2-3-5-13(10)22-18(25)11-8-15(24)23(9-11)14-7-6-12(19)16(20)17(14)21/h2-7,11H,8-9H2,1H3,(H,22,25). The SMILES string of the molecule is Cc1ccccc1NC(=O)C1CC(=O)N(c2ccc(F)c(F)c2F)C1. The van der Waals surface area contributed by atoms with Crippen LogP contribution in [0.15, 0.2) is 36.4 Å². The summed E-state index contributed by atoms with van der Waals surface area (Å²) in [5, 5.41) is 2.73. The van der Waals surface area contributed by atoms with Gasteiger partial charge in [0.25, 0.3) is 0 Å². The Morgan fingerprint density at radius 3 is 2.56 bits per heavy atom. The molecule has 0 saturated carbocycles. The minimum Gasteiger partial charge on any atom is -0.326 e. The van der Waals surface area contributed by atoms with E-state index in [-0.39, 0.29) is 24.6 Å². The van der Waals surface area contributed by atoms with Crippen molar-refractivity contribution in [2.45, 2.75) is 13.3 Å². The number of nitrogens with zero attached hydrogens (tertiary/aromatic N) is 1. The lowest BCUT2D eigenvalue weighted by atomic mass is 10.1. The summed E-state index contributed by atoms with van der Waals surface area (Å²) in [6, 6.07) is 8.91. The van der Waals surface area contributed by atoms with Crippen molar-refractivity contribution >= 4 is 23.2 Å². The normalized spacial score (nSPS) is 17.0. The molecule has 0 aliphatic carbocycles. The number of para-hydroxylation sites is 1. The van der Waals surface area contributed by atoms with Gasteiger partial charge in [0.05, 0.1) is 11.6 Å². The molecule has 1 fully saturated rings. The maximum atomic E-state index is 13.9. The van der Waals surface area contributed by atoms with Gasteiger partial charge >= 0.3 is 0 Å². The summed E-state index contributed by atoms with van der Waals surface area (Å²) in [5.74, 6) is -6.02. The molecule has 3 rings (SSSR count). The molecule has 1 aliphatic rings. The molecule has 0 aromatic heterocycles. The molecule has 0 spiro atoms. The first-order valence-corrected chi connectivity index (χ1v) is 7.69. The van der Waals surface area contributed by atoms with Crippen molar-refractivity contribution in [1.29, 1.82) is 0 Å². The van der Waals surface area contributed by atoms with E-state index < -0.39 is 29.3 Å². The van der Waals surface area contributed by atoms with E-state index in [1.54, 1.807) is 12.1 Å². The second kappa shape index (κ2) is 6.58. The van der Waals surface area contributed by atoms with Gasteiger partial charge in [-0.2, -0.15) is 0 Å². The van der Waals surface area contributed by atoms with Gasteiger partial charge in [0.15, 0.2) is 17.5 Å². The van der Waals surface area contributed by atoms with E-state index >= 15 is 0 Å². The number of hydrogen-bond donors (Lipinski definition) is 1. The lowest BCUT2D eigenvalue weighted by Gasteiger charge is -2.18. The van der Waals surface area contributed by atoms with Crippen molar-refractivity contribution in [2.75, 3.05) is 16.8 Å².